The zero-order chi connectivity index (χ0) is 17.8. The van der Waals surface area contributed by atoms with E-state index >= 15 is 0 Å². The number of para-hydroxylation sites is 1. The van der Waals surface area contributed by atoms with E-state index in [2.05, 4.69) is 32.5 Å². The Kier molecular flexibility index (Phi) is 5.02. The molecule has 25 heavy (non-hydrogen) atoms. The maximum absolute atomic E-state index is 6.22. The molecular formula is C18H26N7+. The Labute approximate surface area is 146 Å². The highest BCUT2D eigenvalue weighted by Crippen LogP contribution is 2.25. The van der Waals surface area contributed by atoms with Crippen LogP contribution < -0.4 is 21.8 Å². The Morgan fingerprint density at radius 3 is 2.80 bits per heavy atom. The summed E-state index contributed by atoms with van der Waals surface area (Å²) in [5.74, 6) is 1.84. The summed E-state index contributed by atoms with van der Waals surface area (Å²) in [6.07, 6.45) is 4.08. The summed E-state index contributed by atoms with van der Waals surface area (Å²) in [4.78, 5) is 12.1. The van der Waals surface area contributed by atoms with Crippen LogP contribution >= 0.6 is 0 Å². The molecule has 0 aliphatic carbocycles. The number of pyridine rings is 1. The number of anilines is 1. The van der Waals surface area contributed by atoms with Gasteiger partial charge in [0.15, 0.2) is 17.3 Å². The van der Waals surface area contributed by atoms with Gasteiger partial charge in [-0.1, -0.05) is 25.5 Å². The van der Waals surface area contributed by atoms with Crippen molar-refractivity contribution < 1.29 is 4.57 Å². The number of fused-ring (bicyclic) bond motifs is 3. The number of benzene rings is 1. The summed E-state index contributed by atoms with van der Waals surface area (Å²) in [7, 11) is 0. The SMILES string of the molecule is CCCCc1[nH]c2c(N)nc3ccccc3c2[n+]1CCCN=C(N)N. The van der Waals surface area contributed by atoms with Crippen molar-refractivity contribution in [1.82, 2.24) is 9.97 Å². The summed E-state index contributed by atoms with van der Waals surface area (Å²) < 4.78 is 2.31. The van der Waals surface area contributed by atoms with Crippen LogP contribution in [0.5, 0.6) is 0 Å². The average molecular weight is 340 g/mol. The molecule has 0 saturated carbocycles. The van der Waals surface area contributed by atoms with E-state index in [0.29, 0.717) is 12.4 Å². The minimum atomic E-state index is 0.133. The van der Waals surface area contributed by atoms with Gasteiger partial charge in [-0.15, -0.1) is 0 Å². The Morgan fingerprint density at radius 2 is 2.04 bits per heavy atom. The predicted octanol–water partition coefficient (Wildman–Crippen LogP) is 1.59. The van der Waals surface area contributed by atoms with Gasteiger partial charge in [0.05, 0.1) is 17.4 Å². The number of nitrogen functional groups attached to an aromatic ring is 1. The fourth-order valence-corrected chi connectivity index (χ4v) is 3.19. The third-order valence-corrected chi connectivity index (χ3v) is 4.36. The van der Waals surface area contributed by atoms with Crippen molar-refractivity contribution in [1.29, 1.82) is 0 Å². The van der Waals surface area contributed by atoms with E-state index in [-0.39, 0.29) is 5.96 Å². The molecule has 1 aromatic carbocycles. The molecule has 7 heteroatoms. The van der Waals surface area contributed by atoms with Crippen LogP contribution in [-0.4, -0.2) is 22.5 Å². The number of hydrogen-bond acceptors (Lipinski definition) is 3. The van der Waals surface area contributed by atoms with E-state index in [1.165, 1.54) is 5.82 Å². The normalized spacial score (nSPS) is 11.2. The molecule has 0 radical (unpaired) electrons. The lowest BCUT2D eigenvalue weighted by molar-refractivity contribution is -0.678. The van der Waals surface area contributed by atoms with Crippen molar-refractivity contribution >= 4 is 33.7 Å². The summed E-state index contributed by atoms with van der Waals surface area (Å²) in [6.45, 7) is 3.62. The lowest BCUT2D eigenvalue weighted by atomic mass is 10.2. The fraction of sp³-hybridized carbons (Fsp3) is 0.389. The van der Waals surface area contributed by atoms with Crippen molar-refractivity contribution in [2.24, 2.45) is 16.5 Å². The summed E-state index contributed by atoms with van der Waals surface area (Å²) in [5, 5.41) is 1.10. The number of nitrogens with one attached hydrogen (secondary N) is 1. The van der Waals surface area contributed by atoms with Gasteiger partial charge < -0.3 is 17.2 Å². The molecule has 3 aromatic rings. The zero-order valence-corrected chi connectivity index (χ0v) is 14.6. The van der Waals surface area contributed by atoms with E-state index in [4.69, 9.17) is 17.2 Å². The zero-order valence-electron chi connectivity index (χ0n) is 14.6. The van der Waals surface area contributed by atoms with Gasteiger partial charge in [0, 0.05) is 19.4 Å². The van der Waals surface area contributed by atoms with Gasteiger partial charge in [0.2, 0.25) is 5.52 Å². The van der Waals surface area contributed by atoms with Crippen molar-refractivity contribution in [3.8, 4) is 0 Å². The number of unbranched alkanes of at least 4 members (excludes halogenated alkanes) is 1. The lowest BCUT2D eigenvalue weighted by Gasteiger charge is -2.04. The number of nitrogens with two attached hydrogens (primary N) is 3. The minimum absolute atomic E-state index is 0.133. The molecule has 0 unspecified atom stereocenters. The maximum atomic E-state index is 6.22. The highest BCUT2D eigenvalue weighted by molar-refractivity contribution is 6.04. The molecule has 0 amide bonds. The second kappa shape index (κ2) is 7.38. The largest absolute Gasteiger partial charge is 0.380 e. The molecule has 7 N–H and O–H groups in total. The van der Waals surface area contributed by atoms with Gasteiger partial charge in [0.1, 0.15) is 0 Å². The van der Waals surface area contributed by atoms with Crippen LogP contribution in [0.25, 0.3) is 21.9 Å². The highest BCUT2D eigenvalue weighted by atomic mass is 15.1. The van der Waals surface area contributed by atoms with Crippen molar-refractivity contribution in [2.45, 2.75) is 39.2 Å². The molecule has 0 bridgehead atoms. The highest BCUT2D eigenvalue weighted by Gasteiger charge is 2.23. The molecule has 0 spiro atoms. The number of aliphatic imine (C=N–C) groups is 1. The van der Waals surface area contributed by atoms with Gasteiger partial charge in [-0.25, -0.2) is 14.5 Å². The predicted molar refractivity (Wildman–Crippen MR) is 102 cm³/mol. The first kappa shape index (κ1) is 17.0. The molecule has 0 aliphatic rings. The van der Waals surface area contributed by atoms with E-state index in [0.717, 1.165) is 54.2 Å². The fourth-order valence-electron chi connectivity index (χ4n) is 3.19. The number of aromatic nitrogens is 3. The topological polar surface area (TPSA) is 123 Å². The van der Waals surface area contributed by atoms with Crippen LogP contribution in [0.4, 0.5) is 5.82 Å². The van der Waals surface area contributed by atoms with Gasteiger partial charge in [-0.05, 0) is 18.6 Å². The minimum Gasteiger partial charge on any atom is -0.380 e. The smallest absolute Gasteiger partial charge is 0.255 e. The van der Waals surface area contributed by atoms with Crippen LogP contribution in [0.3, 0.4) is 0 Å². The van der Waals surface area contributed by atoms with Gasteiger partial charge in [-0.2, -0.15) is 0 Å². The van der Waals surface area contributed by atoms with E-state index in [1.54, 1.807) is 0 Å². The third kappa shape index (κ3) is 3.50. The standard InChI is InChI=1S/C18H25N7/c1-2-3-9-14-24-15-16(25(14)11-6-10-22-18(20)21)12-7-4-5-8-13(12)23-17(15)19/h4-5,7-8H,2-3,6,9-11H2,1H3,(H6,19,20,21,22,23)/p+1. The second-order valence-electron chi connectivity index (χ2n) is 6.22. The Hall–Kier alpha value is -2.83. The monoisotopic (exact) mass is 340 g/mol. The Balaban J connectivity index is 2.10. The summed E-state index contributed by atoms with van der Waals surface area (Å²) >= 11 is 0. The summed E-state index contributed by atoms with van der Waals surface area (Å²) in [5.41, 5.74) is 20.0. The first-order valence-corrected chi connectivity index (χ1v) is 8.75. The number of nitrogens with zero attached hydrogens (tertiary/aromatic N) is 3. The molecule has 2 heterocycles. The maximum Gasteiger partial charge on any atom is 0.255 e. The molecule has 0 saturated heterocycles. The van der Waals surface area contributed by atoms with E-state index < -0.39 is 0 Å². The molecule has 0 atom stereocenters. The molecule has 132 valence electrons. The third-order valence-electron chi connectivity index (χ3n) is 4.36. The molecule has 0 fully saturated rings. The Morgan fingerprint density at radius 1 is 1.24 bits per heavy atom. The van der Waals surface area contributed by atoms with Gasteiger partial charge in [0.25, 0.3) is 5.82 Å². The quantitative estimate of drug-likeness (QED) is 0.226. The van der Waals surface area contributed by atoms with Crippen molar-refractivity contribution in [3.05, 3.63) is 30.1 Å². The van der Waals surface area contributed by atoms with Crippen molar-refractivity contribution in [2.75, 3.05) is 12.3 Å². The molecule has 0 aliphatic heterocycles. The number of aromatic amines is 1. The van der Waals surface area contributed by atoms with Crippen LogP contribution in [0, 0.1) is 0 Å². The van der Waals surface area contributed by atoms with Crippen LogP contribution in [0.2, 0.25) is 0 Å². The van der Waals surface area contributed by atoms with Crippen molar-refractivity contribution in [3.63, 3.8) is 0 Å². The Bertz CT molecular complexity index is 907. The number of guanidine groups is 1. The number of H-pyrrole nitrogens is 1. The van der Waals surface area contributed by atoms with Crippen LogP contribution in [0.15, 0.2) is 29.3 Å². The van der Waals surface area contributed by atoms with Gasteiger partial charge >= 0.3 is 0 Å². The molecule has 3 rings (SSSR count). The molecule has 7 nitrogen and oxygen atoms in total. The van der Waals surface area contributed by atoms with E-state index in [1.807, 2.05) is 18.2 Å². The second-order valence-corrected chi connectivity index (χ2v) is 6.22. The number of rotatable bonds is 7. The average Bonchev–Trinajstić information content (AvgIpc) is 2.96. The summed E-state index contributed by atoms with van der Waals surface area (Å²) in [6, 6.07) is 8.10. The lowest BCUT2D eigenvalue weighted by Crippen LogP contribution is -2.38. The van der Waals surface area contributed by atoms with E-state index in [9.17, 15) is 0 Å². The van der Waals surface area contributed by atoms with Gasteiger partial charge in [-0.3, -0.25) is 4.99 Å². The first-order valence-electron chi connectivity index (χ1n) is 8.75. The number of hydrogen-bond donors (Lipinski definition) is 4. The van der Waals surface area contributed by atoms with Crippen LogP contribution in [-0.2, 0) is 13.0 Å². The number of aryl methyl sites for hydroxylation is 2. The first-order chi connectivity index (χ1) is 12.1. The van der Waals surface area contributed by atoms with Crippen LogP contribution in [0.1, 0.15) is 32.0 Å². The molecular weight excluding hydrogens is 314 g/mol. The number of imidazole rings is 1. The molecule has 2 aromatic heterocycles.